The van der Waals surface area contributed by atoms with Gasteiger partial charge in [-0.3, -0.25) is 0 Å². The molecule has 0 atom stereocenters. The summed E-state index contributed by atoms with van der Waals surface area (Å²) in [4.78, 5) is 11.2. The first kappa shape index (κ1) is 19.8. The van der Waals surface area contributed by atoms with E-state index in [9.17, 15) is 0 Å². The Labute approximate surface area is 155 Å². The molecule has 7 heteroatoms. The molecular weight excluding hydrogens is 330 g/mol. The maximum atomic E-state index is 5.58. The van der Waals surface area contributed by atoms with Gasteiger partial charge in [0.2, 0.25) is 0 Å². The summed E-state index contributed by atoms with van der Waals surface area (Å²) in [6.45, 7) is 5.36. The summed E-state index contributed by atoms with van der Waals surface area (Å²) < 4.78 is 10.8. The molecular formula is C19H29N5O2. The summed E-state index contributed by atoms with van der Waals surface area (Å²) in [5.74, 6) is 2.57. The Morgan fingerprint density at radius 2 is 2.12 bits per heavy atom. The van der Waals surface area contributed by atoms with Crippen molar-refractivity contribution in [1.29, 1.82) is 0 Å². The smallest absolute Gasteiger partial charge is 0.191 e. The highest BCUT2D eigenvalue weighted by atomic mass is 16.5. The first-order valence-electron chi connectivity index (χ1n) is 8.94. The maximum Gasteiger partial charge on any atom is 0.191 e. The highest BCUT2D eigenvalue weighted by Crippen LogP contribution is 2.08. The number of nitrogens with zero attached hydrogens (tertiary/aromatic N) is 3. The van der Waals surface area contributed by atoms with Gasteiger partial charge in [-0.1, -0.05) is 6.07 Å². The van der Waals surface area contributed by atoms with Crippen LogP contribution in [0, 0.1) is 0 Å². The molecule has 2 aromatic heterocycles. The lowest BCUT2D eigenvalue weighted by atomic mass is 10.3. The molecule has 0 aliphatic rings. The number of aromatic nitrogens is 1. The second-order valence-corrected chi connectivity index (χ2v) is 5.99. The van der Waals surface area contributed by atoms with Crippen molar-refractivity contribution in [1.82, 2.24) is 15.6 Å². The summed E-state index contributed by atoms with van der Waals surface area (Å²) in [5, 5.41) is 6.57. The number of anilines is 1. The van der Waals surface area contributed by atoms with Crippen molar-refractivity contribution in [3.8, 4) is 0 Å². The molecule has 2 rings (SSSR count). The Balaban J connectivity index is 1.72. The lowest BCUT2D eigenvalue weighted by molar-refractivity contribution is 0.105. The van der Waals surface area contributed by atoms with Gasteiger partial charge in [0, 0.05) is 33.8 Å². The Morgan fingerprint density at radius 3 is 2.85 bits per heavy atom. The van der Waals surface area contributed by atoms with E-state index in [2.05, 4.69) is 27.5 Å². The van der Waals surface area contributed by atoms with Gasteiger partial charge in [-0.2, -0.15) is 0 Å². The largest absolute Gasteiger partial charge is 0.467 e. The third-order valence-corrected chi connectivity index (χ3v) is 3.58. The van der Waals surface area contributed by atoms with Gasteiger partial charge in [-0.15, -0.1) is 0 Å². The lowest BCUT2D eigenvalue weighted by Crippen LogP contribution is -2.38. The summed E-state index contributed by atoms with van der Waals surface area (Å²) in [5.41, 5.74) is 0.940. The molecule has 0 bridgehead atoms. The summed E-state index contributed by atoms with van der Waals surface area (Å²) in [7, 11) is 3.96. The van der Waals surface area contributed by atoms with Crippen LogP contribution in [0.1, 0.15) is 24.8 Å². The van der Waals surface area contributed by atoms with Gasteiger partial charge in [0.25, 0.3) is 0 Å². The van der Waals surface area contributed by atoms with E-state index in [1.54, 1.807) is 6.26 Å². The minimum Gasteiger partial charge on any atom is -0.467 e. The fourth-order valence-electron chi connectivity index (χ4n) is 2.25. The molecule has 0 unspecified atom stereocenters. The molecule has 0 fully saturated rings. The monoisotopic (exact) mass is 359 g/mol. The van der Waals surface area contributed by atoms with E-state index in [0.29, 0.717) is 19.8 Å². The van der Waals surface area contributed by atoms with Gasteiger partial charge in [0.15, 0.2) is 5.96 Å². The molecule has 2 aromatic rings. The Hall–Kier alpha value is -2.54. The molecule has 0 spiro atoms. The molecule has 2 N–H and O–H groups in total. The van der Waals surface area contributed by atoms with Gasteiger partial charge in [0.05, 0.1) is 18.5 Å². The van der Waals surface area contributed by atoms with E-state index < -0.39 is 0 Å². The molecule has 7 nitrogen and oxygen atoms in total. The number of hydrogen-bond acceptors (Lipinski definition) is 5. The SMILES string of the molecule is CCNC(=NCc1cccc(N(C)C)n1)NCCCOCc1ccco1. The van der Waals surface area contributed by atoms with E-state index in [1.807, 2.05) is 49.3 Å². The summed E-state index contributed by atoms with van der Waals surface area (Å²) in [6, 6.07) is 9.75. The first-order valence-corrected chi connectivity index (χ1v) is 8.94. The molecule has 0 saturated carbocycles. The number of rotatable bonds is 10. The van der Waals surface area contributed by atoms with E-state index in [4.69, 9.17) is 9.15 Å². The van der Waals surface area contributed by atoms with Crippen LogP contribution < -0.4 is 15.5 Å². The van der Waals surface area contributed by atoms with Crippen molar-refractivity contribution in [2.24, 2.45) is 4.99 Å². The highest BCUT2D eigenvalue weighted by Gasteiger charge is 2.01. The molecule has 2 heterocycles. The van der Waals surface area contributed by atoms with Crippen molar-refractivity contribution in [3.63, 3.8) is 0 Å². The van der Waals surface area contributed by atoms with Crippen molar-refractivity contribution >= 4 is 11.8 Å². The molecule has 142 valence electrons. The summed E-state index contributed by atoms with van der Waals surface area (Å²) in [6.07, 6.45) is 2.54. The van der Waals surface area contributed by atoms with Crippen LogP contribution in [0.3, 0.4) is 0 Å². The predicted octanol–water partition coefficient (Wildman–Crippen LogP) is 2.40. The highest BCUT2D eigenvalue weighted by molar-refractivity contribution is 5.79. The number of furan rings is 1. The zero-order valence-corrected chi connectivity index (χ0v) is 15.9. The number of pyridine rings is 1. The van der Waals surface area contributed by atoms with Crippen molar-refractivity contribution in [2.45, 2.75) is 26.5 Å². The Kier molecular flexibility index (Phi) is 8.48. The second kappa shape index (κ2) is 11.1. The minimum atomic E-state index is 0.509. The van der Waals surface area contributed by atoms with E-state index in [0.717, 1.165) is 42.7 Å². The van der Waals surface area contributed by atoms with E-state index in [1.165, 1.54) is 0 Å². The quantitative estimate of drug-likeness (QED) is 0.385. The fourth-order valence-corrected chi connectivity index (χ4v) is 2.25. The Morgan fingerprint density at radius 1 is 1.23 bits per heavy atom. The van der Waals surface area contributed by atoms with Crippen LogP contribution in [0.15, 0.2) is 46.0 Å². The van der Waals surface area contributed by atoms with Crippen LogP contribution >= 0.6 is 0 Å². The average molecular weight is 359 g/mol. The third kappa shape index (κ3) is 7.14. The van der Waals surface area contributed by atoms with Crippen molar-refractivity contribution in [2.75, 3.05) is 38.7 Å². The molecule has 26 heavy (non-hydrogen) atoms. The third-order valence-electron chi connectivity index (χ3n) is 3.58. The molecule has 0 amide bonds. The molecule has 0 aromatic carbocycles. The topological polar surface area (TPSA) is 74.9 Å². The molecule has 0 radical (unpaired) electrons. The lowest BCUT2D eigenvalue weighted by Gasteiger charge is -2.13. The molecule has 0 aliphatic heterocycles. The van der Waals surface area contributed by atoms with E-state index in [-0.39, 0.29) is 0 Å². The van der Waals surface area contributed by atoms with Crippen LogP contribution in [0.4, 0.5) is 5.82 Å². The van der Waals surface area contributed by atoms with Crippen LogP contribution in [-0.4, -0.2) is 44.7 Å². The zero-order chi connectivity index (χ0) is 18.6. The maximum absolute atomic E-state index is 5.58. The van der Waals surface area contributed by atoms with Crippen LogP contribution in [0.5, 0.6) is 0 Å². The Bertz CT molecular complexity index is 656. The minimum absolute atomic E-state index is 0.509. The van der Waals surface area contributed by atoms with Gasteiger partial charge >= 0.3 is 0 Å². The van der Waals surface area contributed by atoms with Crippen molar-refractivity contribution in [3.05, 3.63) is 48.0 Å². The second-order valence-electron chi connectivity index (χ2n) is 5.99. The van der Waals surface area contributed by atoms with Crippen LogP contribution in [0.2, 0.25) is 0 Å². The average Bonchev–Trinajstić information content (AvgIpc) is 3.16. The first-order chi connectivity index (χ1) is 12.7. The van der Waals surface area contributed by atoms with Gasteiger partial charge in [-0.25, -0.2) is 9.98 Å². The van der Waals surface area contributed by atoms with Gasteiger partial charge in [-0.05, 0) is 37.6 Å². The van der Waals surface area contributed by atoms with Gasteiger partial charge < -0.3 is 24.7 Å². The molecule has 0 saturated heterocycles. The zero-order valence-electron chi connectivity index (χ0n) is 15.9. The van der Waals surface area contributed by atoms with E-state index >= 15 is 0 Å². The number of nitrogens with one attached hydrogen (secondary N) is 2. The number of aliphatic imine (C=N–C) groups is 1. The normalized spacial score (nSPS) is 11.4. The van der Waals surface area contributed by atoms with Crippen LogP contribution in [0.25, 0.3) is 0 Å². The summed E-state index contributed by atoms with van der Waals surface area (Å²) >= 11 is 0. The predicted molar refractivity (Wildman–Crippen MR) is 104 cm³/mol. The number of guanidine groups is 1. The standard InChI is InChI=1S/C19H29N5O2/c1-4-20-19(21-11-7-12-25-15-17-9-6-13-26-17)22-14-16-8-5-10-18(23-16)24(2)3/h5-6,8-10,13H,4,7,11-12,14-15H2,1-3H3,(H2,20,21,22). The fraction of sp³-hybridized carbons (Fsp3) is 0.474. The van der Waals surface area contributed by atoms with Crippen molar-refractivity contribution < 1.29 is 9.15 Å². The number of ether oxygens (including phenoxy) is 1. The number of hydrogen-bond donors (Lipinski definition) is 2. The molecule has 0 aliphatic carbocycles. The van der Waals surface area contributed by atoms with Crippen LogP contribution in [-0.2, 0) is 17.9 Å². The van der Waals surface area contributed by atoms with Gasteiger partial charge in [0.1, 0.15) is 18.2 Å².